The quantitative estimate of drug-likeness (QED) is 0.773. The molecular formula is C20H23F3N6O. The summed E-state index contributed by atoms with van der Waals surface area (Å²) in [6.45, 7) is 3.83. The molecule has 160 valence electrons. The number of nitrogens with one attached hydrogen (secondary N) is 1. The molecule has 4 rings (SSSR count). The van der Waals surface area contributed by atoms with E-state index in [1.54, 1.807) is 0 Å². The second-order valence-electron chi connectivity index (χ2n) is 7.42. The van der Waals surface area contributed by atoms with Crippen LogP contribution in [0, 0.1) is 17.5 Å². The number of urea groups is 1. The summed E-state index contributed by atoms with van der Waals surface area (Å²) in [6, 6.07) is 5.12. The van der Waals surface area contributed by atoms with Crippen LogP contribution < -0.4 is 15.1 Å². The molecular weight excluding hydrogens is 397 g/mol. The Kier molecular flexibility index (Phi) is 5.91. The Morgan fingerprint density at radius 1 is 0.767 bits per heavy atom. The largest absolute Gasteiger partial charge is 0.355 e. The fourth-order valence-corrected chi connectivity index (χ4v) is 3.73. The zero-order valence-electron chi connectivity index (χ0n) is 16.5. The van der Waals surface area contributed by atoms with Crippen molar-refractivity contribution in [3.8, 4) is 0 Å². The third-order valence-electron chi connectivity index (χ3n) is 5.48. The molecule has 30 heavy (non-hydrogen) atoms. The number of halogens is 3. The molecule has 0 atom stereocenters. The SMILES string of the molecule is O=C(Nc1ccc(F)c(F)c1F)N1CCN(c2ccc(N3CCCCC3)nn2)CC1. The molecule has 2 aliphatic heterocycles. The van der Waals surface area contributed by atoms with E-state index in [4.69, 9.17) is 0 Å². The van der Waals surface area contributed by atoms with Crippen molar-refractivity contribution < 1.29 is 18.0 Å². The summed E-state index contributed by atoms with van der Waals surface area (Å²) in [6.07, 6.45) is 3.59. The second-order valence-corrected chi connectivity index (χ2v) is 7.42. The number of nitrogens with zero attached hydrogens (tertiary/aromatic N) is 5. The third-order valence-corrected chi connectivity index (χ3v) is 5.48. The number of benzene rings is 1. The predicted octanol–water partition coefficient (Wildman–Crippen LogP) is 3.24. The molecule has 0 unspecified atom stereocenters. The van der Waals surface area contributed by atoms with Crippen LogP contribution in [0.2, 0.25) is 0 Å². The molecule has 2 aliphatic rings. The number of aromatic nitrogens is 2. The molecule has 2 aromatic rings. The van der Waals surface area contributed by atoms with Gasteiger partial charge >= 0.3 is 6.03 Å². The highest BCUT2D eigenvalue weighted by Crippen LogP contribution is 2.22. The van der Waals surface area contributed by atoms with Crippen LogP contribution in [0.4, 0.5) is 35.3 Å². The van der Waals surface area contributed by atoms with E-state index in [0.29, 0.717) is 26.2 Å². The fourth-order valence-electron chi connectivity index (χ4n) is 3.73. The van der Waals surface area contributed by atoms with Crippen LogP contribution in [0.3, 0.4) is 0 Å². The second kappa shape index (κ2) is 8.76. The Morgan fingerprint density at radius 3 is 1.97 bits per heavy atom. The lowest BCUT2D eigenvalue weighted by molar-refractivity contribution is 0.208. The van der Waals surface area contributed by atoms with Gasteiger partial charge in [0, 0.05) is 39.3 Å². The van der Waals surface area contributed by atoms with Gasteiger partial charge in [0.1, 0.15) is 0 Å². The number of piperidine rings is 1. The minimum absolute atomic E-state index is 0.382. The van der Waals surface area contributed by atoms with Crippen molar-refractivity contribution in [3.05, 3.63) is 41.7 Å². The summed E-state index contributed by atoms with van der Waals surface area (Å²) >= 11 is 0. The van der Waals surface area contributed by atoms with Crippen molar-refractivity contribution in [1.29, 1.82) is 0 Å². The van der Waals surface area contributed by atoms with Gasteiger partial charge in [-0.25, -0.2) is 18.0 Å². The maximum absolute atomic E-state index is 13.8. The molecule has 2 amide bonds. The molecule has 1 aromatic carbocycles. The van der Waals surface area contributed by atoms with E-state index in [1.807, 2.05) is 17.0 Å². The Morgan fingerprint density at radius 2 is 1.37 bits per heavy atom. The van der Waals surface area contributed by atoms with E-state index in [-0.39, 0.29) is 5.69 Å². The van der Waals surface area contributed by atoms with Crippen molar-refractivity contribution >= 4 is 23.4 Å². The molecule has 0 saturated carbocycles. The molecule has 10 heteroatoms. The minimum Gasteiger partial charge on any atom is -0.355 e. The van der Waals surface area contributed by atoms with Gasteiger partial charge in [0.25, 0.3) is 0 Å². The van der Waals surface area contributed by atoms with Crippen LogP contribution in [0.5, 0.6) is 0 Å². The topological polar surface area (TPSA) is 64.6 Å². The molecule has 0 aliphatic carbocycles. The van der Waals surface area contributed by atoms with E-state index >= 15 is 0 Å². The predicted molar refractivity (Wildman–Crippen MR) is 107 cm³/mol. The molecule has 7 nitrogen and oxygen atoms in total. The summed E-state index contributed by atoms with van der Waals surface area (Å²) in [7, 11) is 0. The number of rotatable bonds is 3. The summed E-state index contributed by atoms with van der Waals surface area (Å²) < 4.78 is 40.1. The Bertz CT molecular complexity index is 896. The number of anilines is 3. The number of carbonyl (C=O) groups is 1. The molecule has 0 radical (unpaired) electrons. The smallest absolute Gasteiger partial charge is 0.322 e. The van der Waals surface area contributed by atoms with Crippen molar-refractivity contribution in [2.45, 2.75) is 19.3 Å². The van der Waals surface area contributed by atoms with Gasteiger partial charge < -0.3 is 20.0 Å². The Labute approximate surface area is 172 Å². The Hall–Kier alpha value is -3.04. The first-order valence-corrected chi connectivity index (χ1v) is 10.1. The van der Waals surface area contributed by atoms with Crippen LogP contribution in [0.25, 0.3) is 0 Å². The van der Waals surface area contributed by atoms with Gasteiger partial charge in [0.05, 0.1) is 5.69 Å². The Balaban J connectivity index is 1.32. The third kappa shape index (κ3) is 4.27. The zero-order valence-corrected chi connectivity index (χ0v) is 16.5. The van der Waals surface area contributed by atoms with Gasteiger partial charge in [0.15, 0.2) is 29.1 Å². The van der Waals surface area contributed by atoms with Gasteiger partial charge in [-0.15, -0.1) is 10.2 Å². The minimum atomic E-state index is -1.61. The monoisotopic (exact) mass is 420 g/mol. The van der Waals surface area contributed by atoms with Crippen molar-refractivity contribution in [2.24, 2.45) is 0 Å². The maximum Gasteiger partial charge on any atom is 0.322 e. The van der Waals surface area contributed by atoms with Gasteiger partial charge in [-0.1, -0.05) is 0 Å². The highest BCUT2D eigenvalue weighted by atomic mass is 19.2. The summed E-state index contributed by atoms with van der Waals surface area (Å²) in [5.41, 5.74) is -0.388. The van der Waals surface area contributed by atoms with E-state index < -0.39 is 23.5 Å². The normalized spacial score (nSPS) is 17.2. The maximum atomic E-state index is 13.8. The fraction of sp³-hybridized carbons (Fsp3) is 0.450. The first-order valence-electron chi connectivity index (χ1n) is 10.1. The lowest BCUT2D eigenvalue weighted by Crippen LogP contribution is -2.50. The van der Waals surface area contributed by atoms with Gasteiger partial charge in [-0.05, 0) is 43.5 Å². The van der Waals surface area contributed by atoms with Crippen LogP contribution >= 0.6 is 0 Å². The number of carbonyl (C=O) groups excluding carboxylic acids is 1. The van der Waals surface area contributed by atoms with Gasteiger partial charge in [-0.3, -0.25) is 0 Å². The average molecular weight is 420 g/mol. The number of amides is 2. The molecule has 1 N–H and O–H groups in total. The van der Waals surface area contributed by atoms with E-state index in [2.05, 4.69) is 20.4 Å². The number of hydrogen-bond acceptors (Lipinski definition) is 5. The molecule has 1 aromatic heterocycles. The van der Waals surface area contributed by atoms with Crippen molar-refractivity contribution in [3.63, 3.8) is 0 Å². The van der Waals surface area contributed by atoms with E-state index in [0.717, 1.165) is 36.9 Å². The van der Waals surface area contributed by atoms with Crippen molar-refractivity contribution in [2.75, 3.05) is 54.4 Å². The number of hydrogen-bond donors (Lipinski definition) is 1. The molecule has 2 fully saturated rings. The number of piperazine rings is 1. The first-order chi connectivity index (χ1) is 14.5. The van der Waals surface area contributed by atoms with Crippen LogP contribution in [0.15, 0.2) is 24.3 Å². The molecule has 3 heterocycles. The van der Waals surface area contributed by atoms with E-state index in [9.17, 15) is 18.0 Å². The first kappa shape index (κ1) is 20.2. The van der Waals surface area contributed by atoms with Crippen LogP contribution in [-0.4, -0.2) is 60.4 Å². The van der Waals surface area contributed by atoms with Gasteiger partial charge in [-0.2, -0.15) is 0 Å². The lowest BCUT2D eigenvalue weighted by Gasteiger charge is -2.35. The van der Waals surface area contributed by atoms with Crippen LogP contribution in [0.1, 0.15) is 19.3 Å². The highest BCUT2D eigenvalue weighted by Gasteiger charge is 2.24. The van der Waals surface area contributed by atoms with Crippen LogP contribution in [-0.2, 0) is 0 Å². The summed E-state index contributed by atoms with van der Waals surface area (Å²) in [5, 5.41) is 11.0. The van der Waals surface area contributed by atoms with Crippen molar-refractivity contribution in [1.82, 2.24) is 15.1 Å². The molecule has 0 spiro atoms. The van der Waals surface area contributed by atoms with E-state index in [1.165, 1.54) is 24.2 Å². The average Bonchev–Trinajstić information content (AvgIpc) is 2.80. The molecule has 0 bridgehead atoms. The molecule has 2 saturated heterocycles. The summed E-state index contributed by atoms with van der Waals surface area (Å²) in [4.78, 5) is 18.1. The summed E-state index contributed by atoms with van der Waals surface area (Å²) in [5.74, 6) is -2.70. The van der Waals surface area contributed by atoms with Gasteiger partial charge in [0.2, 0.25) is 0 Å². The zero-order chi connectivity index (χ0) is 21.1. The highest BCUT2D eigenvalue weighted by molar-refractivity contribution is 5.89. The standard InChI is InChI=1S/C20H23F3N6O/c21-14-4-5-15(19(23)18(14)22)24-20(30)29-12-10-28(11-13-29)17-7-6-16(25-26-17)27-8-2-1-3-9-27/h4-7H,1-3,8-13H2,(H,24,30). The lowest BCUT2D eigenvalue weighted by atomic mass is 10.1.